The Morgan fingerprint density at radius 3 is 2.24 bits per heavy atom. The first-order valence-electron chi connectivity index (χ1n) is 7.51. The Kier molecular flexibility index (Phi) is 4.76. The summed E-state index contributed by atoms with van der Waals surface area (Å²) in [7, 11) is -3.57. The topological polar surface area (TPSA) is 66.4 Å². The molecule has 0 radical (unpaired) electrons. The molecule has 1 fully saturated rings. The van der Waals surface area contributed by atoms with Gasteiger partial charge < -0.3 is 5.11 Å². The third-order valence-corrected chi connectivity index (χ3v) is 5.68. The highest BCUT2D eigenvalue weighted by molar-refractivity contribution is 7.89. The van der Waals surface area contributed by atoms with Crippen molar-refractivity contribution >= 4 is 10.0 Å². The van der Waals surface area contributed by atoms with Crippen molar-refractivity contribution < 1.29 is 13.5 Å². The van der Waals surface area contributed by atoms with Gasteiger partial charge in [0.05, 0.1) is 10.5 Å². The van der Waals surface area contributed by atoms with Crippen LogP contribution in [-0.4, -0.2) is 25.7 Å². The zero-order valence-corrected chi connectivity index (χ0v) is 13.8. The zero-order valence-electron chi connectivity index (χ0n) is 13.0. The van der Waals surface area contributed by atoms with E-state index in [-0.39, 0.29) is 11.4 Å². The van der Waals surface area contributed by atoms with Crippen LogP contribution in [0.1, 0.15) is 43.7 Å². The Bertz CT molecular complexity index is 582. The summed E-state index contributed by atoms with van der Waals surface area (Å²) in [4.78, 5) is 0.271. The molecule has 1 aromatic rings. The highest BCUT2D eigenvalue weighted by Crippen LogP contribution is 2.31. The lowest BCUT2D eigenvalue weighted by Crippen LogP contribution is -2.45. The molecular weight excluding hydrogens is 286 g/mol. The normalized spacial score (nSPS) is 26.8. The van der Waals surface area contributed by atoms with E-state index < -0.39 is 15.6 Å². The van der Waals surface area contributed by atoms with Gasteiger partial charge in [-0.15, -0.1) is 0 Å². The van der Waals surface area contributed by atoms with Gasteiger partial charge in [-0.3, -0.25) is 0 Å². The second-order valence-corrected chi connectivity index (χ2v) is 8.32. The monoisotopic (exact) mass is 311 g/mol. The molecule has 1 aromatic carbocycles. The molecule has 0 atom stereocenters. The average molecular weight is 311 g/mol. The van der Waals surface area contributed by atoms with Gasteiger partial charge in [0.1, 0.15) is 0 Å². The van der Waals surface area contributed by atoms with E-state index in [1.165, 1.54) is 0 Å². The molecule has 0 amide bonds. The molecule has 0 heterocycles. The summed E-state index contributed by atoms with van der Waals surface area (Å²) >= 11 is 0. The Morgan fingerprint density at radius 2 is 1.71 bits per heavy atom. The predicted molar refractivity (Wildman–Crippen MR) is 83.7 cm³/mol. The summed E-state index contributed by atoms with van der Waals surface area (Å²) in [5.74, 6) is 0.612. The number of hydrogen-bond acceptors (Lipinski definition) is 3. The van der Waals surface area contributed by atoms with Crippen LogP contribution in [0.2, 0.25) is 0 Å². The first kappa shape index (κ1) is 16.5. The van der Waals surface area contributed by atoms with Crippen molar-refractivity contribution in [2.45, 2.75) is 57.0 Å². The van der Waals surface area contributed by atoms with Crippen LogP contribution in [-0.2, 0) is 10.0 Å². The summed E-state index contributed by atoms with van der Waals surface area (Å²) < 4.78 is 27.3. The van der Waals surface area contributed by atoms with Gasteiger partial charge in [0.2, 0.25) is 10.0 Å². The van der Waals surface area contributed by atoms with Crippen molar-refractivity contribution in [3.05, 3.63) is 29.3 Å². The van der Waals surface area contributed by atoms with Crippen molar-refractivity contribution in [3.8, 4) is 0 Å². The van der Waals surface area contributed by atoms with Crippen LogP contribution in [0.4, 0.5) is 0 Å². The maximum absolute atomic E-state index is 12.4. The van der Waals surface area contributed by atoms with Crippen molar-refractivity contribution in [2.75, 3.05) is 6.54 Å². The first-order chi connectivity index (χ1) is 9.70. The number of rotatable bonds is 4. The third kappa shape index (κ3) is 4.28. The van der Waals surface area contributed by atoms with Gasteiger partial charge in [0.25, 0.3) is 0 Å². The lowest BCUT2D eigenvalue weighted by atomic mass is 9.80. The maximum atomic E-state index is 12.4. The fraction of sp³-hybridized carbons (Fsp3) is 0.625. The molecule has 1 aliphatic rings. The molecule has 1 aliphatic carbocycles. The average Bonchev–Trinajstić information content (AvgIpc) is 2.40. The van der Waals surface area contributed by atoms with Gasteiger partial charge in [-0.1, -0.05) is 13.0 Å². The summed E-state index contributed by atoms with van der Waals surface area (Å²) in [5.41, 5.74) is 0.930. The summed E-state index contributed by atoms with van der Waals surface area (Å²) in [5, 5.41) is 10.5. The number of sulfonamides is 1. The smallest absolute Gasteiger partial charge is 0.240 e. The van der Waals surface area contributed by atoms with Crippen molar-refractivity contribution in [1.29, 1.82) is 0 Å². The molecule has 5 heteroatoms. The highest BCUT2D eigenvalue weighted by Gasteiger charge is 2.33. The molecule has 2 N–H and O–H groups in total. The summed E-state index contributed by atoms with van der Waals surface area (Å²) in [6.45, 7) is 6.01. The molecular formula is C16H25NO3S. The minimum atomic E-state index is -3.57. The summed E-state index contributed by atoms with van der Waals surface area (Å²) in [6, 6.07) is 5.25. The minimum Gasteiger partial charge on any atom is -0.389 e. The van der Waals surface area contributed by atoms with Crippen LogP contribution in [0.5, 0.6) is 0 Å². The molecule has 21 heavy (non-hydrogen) atoms. The number of hydrogen-bond donors (Lipinski definition) is 2. The van der Waals surface area contributed by atoms with E-state index in [0.717, 1.165) is 24.0 Å². The molecule has 0 aliphatic heterocycles. The van der Waals surface area contributed by atoms with Crippen LogP contribution in [0.25, 0.3) is 0 Å². The zero-order chi connectivity index (χ0) is 15.7. The maximum Gasteiger partial charge on any atom is 0.240 e. The number of aryl methyl sites for hydroxylation is 2. The molecule has 2 rings (SSSR count). The number of benzene rings is 1. The lowest BCUT2D eigenvalue weighted by Gasteiger charge is -2.34. The molecule has 118 valence electrons. The van der Waals surface area contributed by atoms with E-state index in [9.17, 15) is 13.5 Å². The fourth-order valence-electron chi connectivity index (χ4n) is 2.88. The van der Waals surface area contributed by atoms with E-state index in [0.29, 0.717) is 18.8 Å². The van der Waals surface area contributed by atoms with E-state index in [1.807, 2.05) is 19.9 Å². The molecule has 4 nitrogen and oxygen atoms in total. The standard InChI is InChI=1S/C16H25NO3S/c1-12-4-6-16(18,7-5-12)11-17-21(19,20)15-9-13(2)8-14(3)10-15/h8-10,12,17-18H,4-7,11H2,1-3H3. The van der Waals surface area contributed by atoms with E-state index in [1.54, 1.807) is 12.1 Å². The Hall–Kier alpha value is -0.910. The molecule has 1 saturated carbocycles. The van der Waals surface area contributed by atoms with Gasteiger partial charge >= 0.3 is 0 Å². The molecule has 0 saturated heterocycles. The van der Waals surface area contributed by atoms with Crippen LogP contribution in [0.15, 0.2) is 23.1 Å². The highest BCUT2D eigenvalue weighted by atomic mass is 32.2. The minimum absolute atomic E-state index is 0.0923. The van der Waals surface area contributed by atoms with Gasteiger partial charge in [0.15, 0.2) is 0 Å². The number of aliphatic hydroxyl groups is 1. The molecule has 0 unspecified atom stereocenters. The Morgan fingerprint density at radius 1 is 1.19 bits per heavy atom. The largest absolute Gasteiger partial charge is 0.389 e. The van der Waals surface area contributed by atoms with Crippen LogP contribution >= 0.6 is 0 Å². The predicted octanol–water partition coefficient (Wildman–Crippen LogP) is 2.52. The molecule has 0 spiro atoms. The van der Waals surface area contributed by atoms with Crippen LogP contribution in [0.3, 0.4) is 0 Å². The van der Waals surface area contributed by atoms with Crippen LogP contribution in [0, 0.1) is 19.8 Å². The van der Waals surface area contributed by atoms with E-state index in [2.05, 4.69) is 11.6 Å². The van der Waals surface area contributed by atoms with Gasteiger partial charge in [-0.05, 0) is 68.7 Å². The van der Waals surface area contributed by atoms with Crippen LogP contribution < -0.4 is 4.72 Å². The van der Waals surface area contributed by atoms with Gasteiger partial charge in [-0.25, -0.2) is 13.1 Å². The third-order valence-electron chi connectivity index (χ3n) is 4.30. The number of nitrogens with one attached hydrogen (secondary N) is 1. The Balaban J connectivity index is 2.07. The molecule has 0 bridgehead atoms. The van der Waals surface area contributed by atoms with Gasteiger partial charge in [-0.2, -0.15) is 0 Å². The first-order valence-corrected chi connectivity index (χ1v) is 8.99. The summed E-state index contributed by atoms with van der Waals surface area (Å²) in [6.07, 6.45) is 3.20. The second-order valence-electron chi connectivity index (χ2n) is 6.55. The van der Waals surface area contributed by atoms with Gasteiger partial charge in [0, 0.05) is 6.54 Å². The van der Waals surface area contributed by atoms with Crippen molar-refractivity contribution in [3.63, 3.8) is 0 Å². The van der Waals surface area contributed by atoms with Crippen molar-refractivity contribution in [1.82, 2.24) is 4.72 Å². The van der Waals surface area contributed by atoms with Crippen molar-refractivity contribution in [2.24, 2.45) is 5.92 Å². The SMILES string of the molecule is Cc1cc(C)cc(S(=O)(=O)NCC2(O)CCC(C)CC2)c1. The lowest BCUT2D eigenvalue weighted by molar-refractivity contribution is -0.00182. The molecule has 0 aromatic heterocycles. The second kappa shape index (κ2) is 6.07. The van der Waals surface area contributed by atoms with E-state index in [4.69, 9.17) is 0 Å². The van der Waals surface area contributed by atoms with E-state index >= 15 is 0 Å². The Labute approximate surface area is 127 Å². The fourth-order valence-corrected chi connectivity index (χ4v) is 4.18. The quantitative estimate of drug-likeness (QED) is 0.898.